The van der Waals surface area contributed by atoms with E-state index >= 15 is 0 Å². The van der Waals surface area contributed by atoms with Crippen LogP contribution < -0.4 is 0 Å². The molecule has 2 aliphatic heterocycles. The molecule has 2 rings (SSSR count). The lowest BCUT2D eigenvalue weighted by Gasteiger charge is -2.30. The van der Waals surface area contributed by atoms with Gasteiger partial charge in [-0.15, -0.1) is 0 Å². The number of Topliss-reactive ketones (excluding diaryl/α,β-unsaturated/α-hetero) is 1. The second-order valence-electron chi connectivity index (χ2n) is 7.88. The summed E-state index contributed by atoms with van der Waals surface area (Å²) in [5.41, 5.74) is 0. The van der Waals surface area contributed by atoms with Gasteiger partial charge in [-0.1, -0.05) is 0 Å². The summed E-state index contributed by atoms with van der Waals surface area (Å²) >= 11 is 0. The fourth-order valence-corrected chi connectivity index (χ4v) is 3.70. The van der Waals surface area contributed by atoms with Crippen LogP contribution in [0, 0.1) is 0 Å². The first-order valence-electron chi connectivity index (χ1n) is 10.4. The number of ketones is 1. The van der Waals surface area contributed by atoms with Crippen LogP contribution in [0.4, 0.5) is 0 Å². The van der Waals surface area contributed by atoms with Crippen LogP contribution in [0.2, 0.25) is 0 Å². The normalized spacial score (nSPS) is 20.1. The van der Waals surface area contributed by atoms with Crippen molar-refractivity contribution in [3.63, 3.8) is 0 Å². The molecule has 0 saturated carbocycles. The molecule has 0 radical (unpaired) electrons. The van der Waals surface area contributed by atoms with E-state index in [0.717, 1.165) is 0 Å². The fourth-order valence-electron chi connectivity index (χ4n) is 3.70. The molecule has 2 aliphatic rings. The van der Waals surface area contributed by atoms with E-state index < -0.39 is 35.8 Å². The van der Waals surface area contributed by atoms with Crippen LogP contribution in [0.15, 0.2) is 0 Å². The average molecular weight is 472 g/mol. The number of hydrogen-bond donors (Lipinski definition) is 3. The molecule has 2 heterocycles. The van der Waals surface area contributed by atoms with Crippen molar-refractivity contribution in [1.82, 2.24) is 19.8 Å². The Kier molecular flexibility index (Phi) is 9.69. The number of carboxylic acids is 3. The Morgan fingerprint density at radius 3 is 1.79 bits per heavy atom. The Labute approximate surface area is 189 Å². The maximum absolute atomic E-state index is 12.1. The van der Waals surface area contributed by atoms with Crippen molar-refractivity contribution in [1.29, 1.82) is 0 Å². The number of hydroxylamine groups is 2. The van der Waals surface area contributed by atoms with Crippen LogP contribution in [0.1, 0.15) is 19.3 Å². The van der Waals surface area contributed by atoms with Crippen LogP contribution >= 0.6 is 0 Å². The summed E-state index contributed by atoms with van der Waals surface area (Å²) in [6.45, 7) is 0.594. The summed E-state index contributed by atoms with van der Waals surface area (Å²) in [5.74, 6) is -5.20. The minimum Gasteiger partial charge on any atom is -0.480 e. The van der Waals surface area contributed by atoms with Gasteiger partial charge in [-0.05, 0) is 6.42 Å². The van der Waals surface area contributed by atoms with Gasteiger partial charge in [0.25, 0.3) is 5.91 Å². The van der Waals surface area contributed by atoms with Gasteiger partial charge < -0.3 is 20.2 Å². The summed E-state index contributed by atoms with van der Waals surface area (Å²) in [5, 5.41) is 28.6. The SMILES string of the molecule is O=C(O)CN1CCN(CC(=O)O)CCN(C(CCC(=O)ON2CC(=O)CC2=O)C(=O)O)CC1. The molecule has 1 atom stereocenters. The highest BCUT2D eigenvalue weighted by atomic mass is 16.7. The van der Waals surface area contributed by atoms with E-state index in [4.69, 9.17) is 15.1 Å². The smallest absolute Gasteiger partial charge is 0.332 e. The van der Waals surface area contributed by atoms with Crippen LogP contribution in [0.3, 0.4) is 0 Å². The molecule has 14 heteroatoms. The average Bonchev–Trinajstić information content (AvgIpc) is 3.05. The number of amides is 1. The second-order valence-corrected chi connectivity index (χ2v) is 7.88. The summed E-state index contributed by atoms with van der Waals surface area (Å²) in [6.07, 6.45) is -0.830. The van der Waals surface area contributed by atoms with Gasteiger partial charge in [0.2, 0.25) is 0 Å². The Morgan fingerprint density at radius 2 is 1.36 bits per heavy atom. The highest BCUT2D eigenvalue weighted by Gasteiger charge is 2.32. The van der Waals surface area contributed by atoms with Gasteiger partial charge in [-0.25, -0.2) is 4.79 Å². The predicted octanol–water partition coefficient (Wildman–Crippen LogP) is -2.43. The first-order chi connectivity index (χ1) is 15.5. The quantitative estimate of drug-likeness (QED) is 0.285. The Balaban J connectivity index is 2.03. The van der Waals surface area contributed by atoms with Crippen molar-refractivity contribution < 1.29 is 48.9 Å². The monoisotopic (exact) mass is 472 g/mol. The van der Waals surface area contributed by atoms with Gasteiger partial charge in [0, 0.05) is 39.3 Å². The maximum atomic E-state index is 12.1. The Morgan fingerprint density at radius 1 is 0.848 bits per heavy atom. The molecule has 0 aromatic carbocycles. The molecule has 0 spiro atoms. The standard InChI is InChI=1S/C19H28N4O10/c24-13-9-15(25)23(10-13)33-18(30)2-1-14(19(31)32)22-7-5-20(11-16(26)27)3-4-21(6-8-22)12-17(28)29/h14H,1-12H2,(H,26,27)(H,28,29)(H,31,32). The summed E-state index contributed by atoms with van der Waals surface area (Å²) < 4.78 is 0. The first-order valence-corrected chi connectivity index (χ1v) is 10.4. The van der Waals surface area contributed by atoms with E-state index in [1.807, 2.05) is 0 Å². The topological polar surface area (TPSA) is 185 Å². The zero-order valence-electron chi connectivity index (χ0n) is 18.1. The molecular weight excluding hydrogens is 444 g/mol. The van der Waals surface area contributed by atoms with Crippen molar-refractivity contribution in [2.24, 2.45) is 0 Å². The maximum Gasteiger partial charge on any atom is 0.332 e. The Bertz CT molecular complexity index is 761. The lowest BCUT2D eigenvalue weighted by molar-refractivity contribution is -0.193. The molecule has 0 aromatic heterocycles. The van der Waals surface area contributed by atoms with Crippen LogP contribution in [0.5, 0.6) is 0 Å². The molecule has 2 fully saturated rings. The third-order valence-corrected chi connectivity index (χ3v) is 5.36. The van der Waals surface area contributed by atoms with Crippen LogP contribution in [0.25, 0.3) is 0 Å². The van der Waals surface area contributed by atoms with E-state index in [-0.39, 0.29) is 70.9 Å². The molecule has 33 heavy (non-hydrogen) atoms. The lowest BCUT2D eigenvalue weighted by Crippen LogP contribution is -2.47. The van der Waals surface area contributed by atoms with Crippen LogP contribution in [-0.4, -0.2) is 136 Å². The minimum absolute atomic E-state index is 0.151. The fraction of sp³-hybridized carbons (Fsp3) is 0.684. The summed E-state index contributed by atoms with van der Waals surface area (Å²) in [4.78, 5) is 78.8. The number of nitrogens with zero attached hydrogens (tertiary/aromatic N) is 4. The number of rotatable bonds is 10. The molecule has 0 aromatic rings. The number of hydrogen-bond acceptors (Lipinski definition) is 10. The van der Waals surface area contributed by atoms with Gasteiger partial charge in [-0.2, -0.15) is 5.06 Å². The third kappa shape index (κ3) is 8.75. The molecule has 1 amide bonds. The molecule has 1 unspecified atom stereocenters. The summed E-state index contributed by atoms with van der Waals surface area (Å²) in [7, 11) is 0. The molecule has 2 saturated heterocycles. The number of carbonyl (C=O) groups excluding carboxylic acids is 3. The molecule has 184 valence electrons. The second kappa shape index (κ2) is 12.2. The van der Waals surface area contributed by atoms with Gasteiger partial charge in [0.05, 0.1) is 25.9 Å². The van der Waals surface area contributed by atoms with Crippen molar-refractivity contribution in [3.05, 3.63) is 0 Å². The van der Waals surface area contributed by atoms with E-state index in [2.05, 4.69) is 0 Å². The zero-order chi connectivity index (χ0) is 24.5. The summed E-state index contributed by atoms with van der Waals surface area (Å²) in [6, 6.07) is -1.12. The number of carbonyl (C=O) groups is 6. The number of carboxylic acid groups (broad SMARTS) is 3. The zero-order valence-corrected chi connectivity index (χ0v) is 18.1. The van der Waals surface area contributed by atoms with Gasteiger partial charge in [-0.3, -0.25) is 38.7 Å². The molecular formula is C19H28N4O10. The first kappa shape index (κ1) is 26.2. The van der Waals surface area contributed by atoms with Crippen molar-refractivity contribution in [2.75, 3.05) is 58.9 Å². The lowest BCUT2D eigenvalue weighted by atomic mass is 10.1. The van der Waals surface area contributed by atoms with Gasteiger partial charge in [0.15, 0.2) is 5.78 Å². The largest absolute Gasteiger partial charge is 0.480 e. The Hall–Kier alpha value is -3.10. The van der Waals surface area contributed by atoms with Crippen molar-refractivity contribution in [2.45, 2.75) is 25.3 Å². The van der Waals surface area contributed by atoms with Gasteiger partial charge >= 0.3 is 23.9 Å². The van der Waals surface area contributed by atoms with E-state index in [0.29, 0.717) is 18.2 Å². The third-order valence-electron chi connectivity index (χ3n) is 5.36. The highest BCUT2D eigenvalue weighted by molar-refractivity contribution is 6.05. The van der Waals surface area contributed by atoms with Crippen molar-refractivity contribution >= 4 is 35.6 Å². The van der Waals surface area contributed by atoms with Crippen molar-refractivity contribution in [3.8, 4) is 0 Å². The van der Waals surface area contributed by atoms with Crippen LogP contribution in [-0.2, 0) is 33.6 Å². The van der Waals surface area contributed by atoms with E-state index in [1.165, 1.54) is 0 Å². The molecule has 14 nitrogen and oxygen atoms in total. The number of aliphatic carboxylic acids is 3. The van der Waals surface area contributed by atoms with E-state index in [9.17, 15) is 33.9 Å². The van der Waals surface area contributed by atoms with E-state index in [1.54, 1.807) is 14.7 Å². The molecule has 3 N–H and O–H groups in total. The van der Waals surface area contributed by atoms with Gasteiger partial charge in [0.1, 0.15) is 12.6 Å². The molecule has 0 aliphatic carbocycles. The highest BCUT2D eigenvalue weighted by Crippen LogP contribution is 2.13. The molecule has 0 bridgehead atoms. The predicted molar refractivity (Wildman–Crippen MR) is 108 cm³/mol. The minimum atomic E-state index is -1.20.